The summed E-state index contributed by atoms with van der Waals surface area (Å²) in [5, 5.41) is 20.8. The highest BCUT2D eigenvalue weighted by Crippen LogP contribution is 2.12. The summed E-state index contributed by atoms with van der Waals surface area (Å²) >= 11 is 0. The lowest BCUT2D eigenvalue weighted by atomic mass is 10.0. The monoisotopic (exact) mass is 238 g/mol. The van der Waals surface area contributed by atoms with Crippen LogP contribution in [0.4, 0.5) is 0 Å². The van der Waals surface area contributed by atoms with Gasteiger partial charge >= 0.3 is 6.17 Å². The summed E-state index contributed by atoms with van der Waals surface area (Å²) in [5.74, 6) is 0. The van der Waals surface area contributed by atoms with E-state index in [9.17, 15) is 20.2 Å². The summed E-state index contributed by atoms with van der Waals surface area (Å²) in [6.07, 6.45) is -0.643. The third-order valence-corrected chi connectivity index (χ3v) is 2.66. The van der Waals surface area contributed by atoms with E-state index in [1.165, 1.54) is 0 Å². The third-order valence-electron chi connectivity index (χ3n) is 2.66. The molecule has 0 aromatic heterocycles. The van der Waals surface area contributed by atoms with Crippen LogP contribution < -0.4 is 0 Å². The van der Waals surface area contributed by atoms with Crippen LogP contribution in [0.1, 0.15) is 24.0 Å². The Balaban J connectivity index is 2.50. The first-order valence-corrected chi connectivity index (χ1v) is 5.34. The molecule has 0 spiro atoms. The zero-order valence-corrected chi connectivity index (χ0v) is 9.54. The van der Waals surface area contributed by atoms with E-state index in [2.05, 4.69) is 0 Å². The van der Waals surface area contributed by atoms with Crippen molar-refractivity contribution in [2.24, 2.45) is 0 Å². The molecular weight excluding hydrogens is 224 g/mol. The average Bonchev–Trinajstić information content (AvgIpc) is 2.25. The lowest BCUT2D eigenvalue weighted by Crippen LogP contribution is -2.28. The summed E-state index contributed by atoms with van der Waals surface area (Å²) in [5.41, 5.74) is 2.18. The minimum absolute atomic E-state index is 0.0334. The highest BCUT2D eigenvalue weighted by Gasteiger charge is 2.30. The molecule has 6 heteroatoms. The smallest absolute Gasteiger partial charge is 0.259 e. The third kappa shape index (κ3) is 3.82. The van der Waals surface area contributed by atoms with Gasteiger partial charge in [-0.2, -0.15) is 0 Å². The van der Waals surface area contributed by atoms with E-state index in [4.69, 9.17) is 0 Å². The van der Waals surface area contributed by atoms with Gasteiger partial charge < -0.3 is 0 Å². The standard InChI is InChI=1S/C11H14N2O4/c1-9-5-2-3-6-10(9)7-4-8-11(12(14)15)13(16)17/h2-3,5-6,11H,4,7-8H2,1H3. The van der Waals surface area contributed by atoms with Crippen LogP contribution in [0.3, 0.4) is 0 Å². The molecule has 0 aliphatic carbocycles. The molecule has 1 rings (SSSR count). The van der Waals surface area contributed by atoms with Gasteiger partial charge in [0.15, 0.2) is 0 Å². The molecule has 0 heterocycles. The molecule has 0 aliphatic heterocycles. The van der Waals surface area contributed by atoms with Crippen LogP contribution in [0.15, 0.2) is 24.3 Å². The van der Waals surface area contributed by atoms with Crippen LogP contribution in [-0.2, 0) is 6.42 Å². The minimum Gasteiger partial charge on any atom is -0.259 e. The summed E-state index contributed by atoms with van der Waals surface area (Å²) in [7, 11) is 0. The Morgan fingerprint density at radius 2 is 1.76 bits per heavy atom. The Labute approximate surface area is 98.6 Å². The summed E-state index contributed by atoms with van der Waals surface area (Å²) in [4.78, 5) is 19.2. The van der Waals surface area contributed by atoms with E-state index >= 15 is 0 Å². The topological polar surface area (TPSA) is 86.3 Å². The molecule has 0 amide bonds. The molecule has 0 aliphatic rings. The number of rotatable bonds is 6. The largest absolute Gasteiger partial charge is 0.450 e. The Morgan fingerprint density at radius 1 is 1.18 bits per heavy atom. The van der Waals surface area contributed by atoms with Crippen LogP contribution in [0.2, 0.25) is 0 Å². The average molecular weight is 238 g/mol. The molecule has 0 N–H and O–H groups in total. The fraction of sp³-hybridized carbons (Fsp3) is 0.455. The van der Waals surface area contributed by atoms with Crippen molar-refractivity contribution in [2.75, 3.05) is 0 Å². The predicted octanol–water partition coefficient (Wildman–Crippen LogP) is 2.20. The first-order chi connectivity index (χ1) is 8.02. The van der Waals surface area contributed by atoms with Gasteiger partial charge in [-0.3, -0.25) is 20.2 Å². The lowest BCUT2D eigenvalue weighted by molar-refractivity contribution is -0.743. The van der Waals surface area contributed by atoms with Gasteiger partial charge in [0.05, 0.1) is 16.3 Å². The summed E-state index contributed by atoms with van der Waals surface area (Å²) in [6.45, 7) is 1.95. The molecule has 1 aromatic rings. The van der Waals surface area contributed by atoms with Crippen molar-refractivity contribution < 1.29 is 9.85 Å². The van der Waals surface area contributed by atoms with Crippen LogP contribution in [0.5, 0.6) is 0 Å². The Kier molecular flexibility index (Phi) is 4.56. The molecule has 0 saturated carbocycles. The molecule has 0 fully saturated rings. The van der Waals surface area contributed by atoms with E-state index in [1.54, 1.807) is 0 Å². The van der Waals surface area contributed by atoms with E-state index < -0.39 is 16.0 Å². The number of aryl methyl sites for hydroxylation is 2. The van der Waals surface area contributed by atoms with Gasteiger partial charge in [-0.05, 0) is 30.9 Å². The molecule has 0 atom stereocenters. The quantitative estimate of drug-likeness (QED) is 0.432. The molecule has 1 aromatic carbocycles. The molecule has 0 radical (unpaired) electrons. The number of nitro groups is 2. The molecular formula is C11H14N2O4. The fourth-order valence-electron chi connectivity index (χ4n) is 1.65. The van der Waals surface area contributed by atoms with Gasteiger partial charge in [-0.25, -0.2) is 0 Å². The Hall–Kier alpha value is -1.98. The first kappa shape index (κ1) is 13.1. The van der Waals surface area contributed by atoms with E-state index in [0.717, 1.165) is 11.1 Å². The molecule has 6 nitrogen and oxygen atoms in total. The van der Waals surface area contributed by atoms with Crippen LogP contribution in [0.25, 0.3) is 0 Å². The van der Waals surface area contributed by atoms with Crippen molar-refractivity contribution in [1.29, 1.82) is 0 Å². The second kappa shape index (κ2) is 5.93. The summed E-state index contributed by atoms with van der Waals surface area (Å²) in [6, 6.07) is 7.69. The lowest BCUT2D eigenvalue weighted by Gasteiger charge is -2.05. The second-order valence-corrected chi connectivity index (χ2v) is 3.87. The van der Waals surface area contributed by atoms with E-state index in [0.29, 0.717) is 12.8 Å². The molecule has 17 heavy (non-hydrogen) atoms. The maximum Gasteiger partial charge on any atom is 0.450 e. The van der Waals surface area contributed by atoms with E-state index in [1.807, 2.05) is 31.2 Å². The highest BCUT2D eigenvalue weighted by atomic mass is 16.7. The summed E-state index contributed by atoms with van der Waals surface area (Å²) < 4.78 is 0. The number of benzene rings is 1. The zero-order chi connectivity index (χ0) is 12.8. The van der Waals surface area contributed by atoms with Crippen molar-refractivity contribution in [3.63, 3.8) is 0 Å². The van der Waals surface area contributed by atoms with Gasteiger partial charge in [-0.15, -0.1) is 0 Å². The van der Waals surface area contributed by atoms with Gasteiger partial charge in [0.1, 0.15) is 0 Å². The van der Waals surface area contributed by atoms with E-state index in [-0.39, 0.29) is 6.42 Å². The maximum atomic E-state index is 10.4. The normalized spacial score (nSPS) is 10.5. The molecule has 92 valence electrons. The first-order valence-electron chi connectivity index (χ1n) is 5.34. The Bertz CT molecular complexity index is 406. The minimum atomic E-state index is -1.68. The van der Waals surface area contributed by atoms with Crippen molar-refractivity contribution in [2.45, 2.75) is 32.4 Å². The number of nitrogens with zero attached hydrogens (tertiary/aromatic N) is 2. The second-order valence-electron chi connectivity index (χ2n) is 3.87. The maximum absolute atomic E-state index is 10.4. The van der Waals surface area contributed by atoms with Gasteiger partial charge in [0, 0.05) is 0 Å². The van der Waals surface area contributed by atoms with Gasteiger partial charge in [-0.1, -0.05) is 24.3 Å². The van der Waals surface area contributed by atoms with Gasteiger partial charge in [0.2, 0.25) is 0 Å². The van der Waals surface area contributed by atoms with Gasteiger partial charge in [0.25, 0.3) is 0 Å². The van der Waals surface area contributed by atoms with Crippen LogP contribution in [0, 0.1) is 27.2 Å². The van der Waals surface area contributed by atoms with Crippen LogP contribution in [-0.4, -0.2) is 16.0 Å². The number of hydrogen-bond donors (Lipinski definition) is 0. The van der Waals surface area contributed by atoms with Crippen molar-refractivity contribution in [1.82, 2.24) is 0 Å². The molecule has 0 saturated heterocycles. The van der Waals surface area contributed by atoms with Crippen molar-refractivity contribution in [3.8, 4) is 0 Å². The highest BCUT2D eigenvalue weighted by molar-refractivity contribution is 5.25. The van der Waals surface area contributed by atoms with Crippen molar-refractivity contribution in [3.05, 3.63) is 55.6 Å². The fourth-order valence-corrected chi connectivity index (χ4v) is 1.65. The molecule has 0 unspecified atom stereocenters. The number of hydrogen-bond acceptors (Lipinski definition) is 4. The predicted molar refractivity (Wildman–Crippen MR) is 61.9 cm³/mol. The molecule has 0 bridgehead atoms. The van der Waals surface area contributed by atoms with Crippen LogP contribution >= 0.6 is 0 Å². The van der Waals surface area contributed by atoms with Crippen molar-refractivity contribution >= 4 is 0 Å². The zero-order valence-electron chi connectivity index (χ0n) is 9.54. The Morgan fingerprint density at radius 3 is 2.29 bits per heavy atom. The SMILES string of the molecule is Cc1ccccc1CCCC([N+](=O)[O-])[N+](=O)[O-].